The van der Waals surface area contributed by atoms with Gasteiger partial charge < -0.3 is 14.8 Å². The standard InChI is InChI=1S/C26H24N2O2/c1-26(20-12-6-3-7-13-20)25(19-10-4-2-5-11-19)27-24(28-26)18-30-23-16-17-29-22-15-9-8-14-21(22)23/h2-13,15-17,25H,14,18H2,1H3,(H,27,28). The van der Waals surface area contributed by atoms with Crippen molar-refractivity contribution in [3.05, 3.63) is 119 Å². The van der Waals surface area contributed by atoms with Crippen molar-refractivity contribution < 1.29 is 9.47 Å². The fraction of sp³-hybridized carbons (Fsp3) is 0.192. The summed E-state index contributed by atoms with van der Waals surface area (Å²) in [6.45, 7) is 2.59. The van der Waals surface area contributed by atoms with Crippen molar-refractivity contribution in [3.63, 3.8) is 0 Å². The highest BCUT2D eigenvalue weighted by Gasteiger charge is 2.42. The van der Waals surface area contributed by atoms with Crippen LogP contribution in [-0.2, 0) is 15.0 Å². The lowest BCUT2D eigenvalue weighted by molar-refractivity contribution is 0.247. The lowest BCUT2D eigenvalue weighted by Crippen LogP contribution is -2.42. The summed E-state index contributed by atoms with van der Waals surface area (Å²) < 4.78 is 11.8. The van der Waals surface area contributed by atoms with E-state index in [1.807, 2.05) is 30.4 Å². The minimum Gasteiger partial charge on any atom is -0.485 e. The molecule has 0 saturated heterocycles. The second-order valence-electron chi connectivity index (χ2n) is 7.80. The molecule has 0 bridgehead atoms. The second kappa shape index (κ2) is 7.71. The largest absolute Gasteiger partial charge is 0.485 e. The molecule has 0 saturated carbocycles. The van der Waals surface area contributed by atoms with Crippen molar-refractivity contribution in [1.82, 2.24) is 5.32 Å². The van der Waals surface area contributed by atoms with Gasteiger partial charge in [0, 0.05) is 11.6 Å². The zero-order valence-corrected chi connectivity index (χ0v) is 16.9. The molecule has 1 aliphatic carbocycles. The third-order valence-electron chi connectivity index (χ3n) is 5.80. The van der Waals surface area contributed by atoms with Crippen LogP contribution < -0.4 is 5.32 Å². The topological polar surface area (TPSA) is 42.8 Å². The van der Waals surface area contributed by atoms with Crippen molar-refractivity contribution in [1.29, 1.82) is 0 Å². The van der Waals surface area contributed by atoms with Crippen LogP contribution in [0.25, 0.3) is 0 Å². The van der Waals surface area contributed by atoms with Gasteiger partial charge in [-0.05, 0) is 30.5 Å². The summed E-state index contributed by atoms with van der Waals surface area (Å²) >= 11 is 0. The van der Waals surface area contributed by atoms with E-state index >= 15 is 0 Å². The van der Waals surface area contributed by atoms with Crippen molar-refractivity contribution in [3.8, 4) is 0 Å². The zero-order valence-electron chi connectivity index (χ0n) is 16.9. The van der Waals surface area contributed by atoms with Gasteiger partial charge in [-0.3, -0.25) is 4.99 Å². The van der Waals surface area contributed by atoms with Crippen LogP contribution in [-0.4, -0.2) is 12.4 Å². The number of ether oxygens (including phenoxy) is 2. The smallest absolute Gasteiger partial charge is 0.145 e. The highest BCUT2D eigenvalue weighted by molar-refractivity contribution is 5.87. The Morgan fingerprint density at radius 2 is 1.87 bits per heavy atom. The van der Waals surface area contributed by atoms with Crippen LogP contribution in [0, 0.1) is 0 Å². The van der Waals surface area contributed by atoms with E-state index in [1.165, 1.54) is 11.1 Å². The maximum Gasteiger partial charge on any atom is 0.145 e. The molecule has 150 valence electrons. The van der Waals surface area contributed by atoms with Gasteiger partial charge in [0.1, 0.15) is 30.0 Å². The molecule has 4 heteroatoms. The molecule has 0 amide bonds. The minimum absolute atomic E-state index is 0.0318. The van der Waals surface area contributed by atoms with E-state index < -0.39 is 0 Å². The van der Waals surface area contributed by atoms with Gasteiger partial charge in [0.05, 0.1) is 11.8 Å². The van der Waals surface area contributed by atoms with Gasteiger partial charge >= 0.3 is 0 Å². The molecular weight excluding hydrogens is 372 g/mol. The molecule has 30 heavy (non-hydrogen) atoms. The molecule has 2 aliphatic heterocycles. The molecule has 0 aromatic heterocycles. The zero-order chi connectivity index (χ0) is 20.4. The molecule has 2 aromatic carbocycles. The molecule has 0 spiro atoms. The van der Waals surface area contributed by atoms with Crippen LogP contribution in [0.2, 0.25) is 0 Å². The monoisotopic (exact) mass is 396 g/mol. The molecule has 1 N–H and O–H groups in total. The average Bonchev–Trinajstić information content (AvgIpc) is 3.16. The number of hydrogen-bond acceptors (Lipinski definition) is 4. The van der Waals surface area contributed by atoms with E-state index in [2.05, 4.69) is 66.8 Å². The van der Waals surface area contributed by atoms with Gasteiger partial charge in [-0.15, -0.1) is 0 Å². The highest BCUT2D eigenvalue weighted by atomic mass is 16.5. The molecule has 4 nitrogen and oxygen atoms in total. The number of aliphatic imine (C=N–C) groups is 1. The summed E-state index contributed by atoms with van der Waals surface area (Å²) in [6.07, 6.45) is 10.4. The third kappa shape index (κ3) is 3.35. The number of nitrogens with zero attached hydrogens (tertiary/aromatic N) is 1. The summed E-state index contributed by atoms with van der Waals surface area (Å²) in [5.74, 6) is 2.54. The van der Waals surface area contributed by atoms with Crippen LogP contribution in [0.1, 0.15) is 30.5 Å². The van der Waals surface area contributed by atoms with E-state index in [-0.39, 0.29) is 11.6 Å². The average molecular weight is 396 g/mol. The first-order chi connectivity index (χ1) is 14.7. The maximum absolute atomic E-state index is 6.19. The second-order valence-corrected chi connectivity index (χ2v) is 7.80. The van der Waals surface area contributed by atoms with E-state index in [0.717, 1.165) is 29.3 Å². The summed E-state index contributed by atoms with van der Waals surface area (Å²) in [5, 5.41) is 3.66. The molecular formula is C26H24N2O2. The van der Waals surface area contributed by atoms with Gasteiger partial charge in [0.2, 0.25) is 0 Å². The number of benzene rings is 2. The molecule has 2 atom stereocenters. The molecule has 0 fully saturated rings. The van der Waals surface area contributed by atoms with Gasteiger partial charge in [-0.25, -0.2) is 0 Å². The van der Waals surface area contributed by atoms with E-state index in [0.29, 0.717) is 6.61 Å². The van der Waals surface area contributed by atoms with E-state index in [4.69, 9.17) is 14.5 Å². The number of hydrogen-bond donors (Lipinski definition) is 1. The lowest BCUT2D eigenvalue weighted by Gasteiger charge is -2.32. The Bertz CT molecular complexity index is 1080. The number of rotatable bonds is 5. The summed E-state index contributed by atoms with van der Waals surface area (Å²) in [7, 11) is 0. The first kappa shape index (κ1) is 18.5. The summed E-state index contributed by atoms with van der Waals surface area (Å²) in [4.78, 5) is 5.05. The Labute approximate surface area is 176 Å². The predicted octanol–water partition coefficient (Wildman–Crippen LogP) is 5.30. The number of allylic oxidation sites excluding steroid dienone is 5. The molecule has 2 unspecified atom stereocenters. The van der Waals surface area contributed by atoms with Gasteiger partial charge in [-0.2, -0.15) is 0 Å². The van der Waals surface area contributed by atoms with Gasteiger partial charge in [0.15, 0.2) is 0 Å². The van der Waals surface area contributed by atoms with Crippen molar-refractivity contribution >= 4 is 5.84 Å². The highest BCUT2D eigenvalue weighted by Crippen LogP contribution is 2.41. The Kier molecular flexibility index (Phi) is 4.75. The first-order valence-electron chi connectivity index (χ1n) is 10.3. The molecule has 5 rings (SSSR count). The molecule has 2 heterocycles. The number of fused-ring (bicyclic) bond motifs is 1. The van der Waals surface area contributed by atoms with Crippen LogP contribution in [0.5, 0.6) is 0 Å². The van der Waals surface area contributed by atoms with Gasteiger partial charge in [0.25, 0.3) is 0 Å². The van der Waals surface area contributed by atoms with Crippen molar-refractivity contribution in [2.24, 2.45) is 4.99 Å². The number of nitrogens with one attached hydrogen (secondary N) is 1. The molecule has 0 radical (unpaired) electrons. The van der Waals surface area contributed by atoms with E-state index in [1.54, 1.807) is 6.26 Å². The van der Waals surface area contributed by atoms with Crippen LogP contribution in [0.4, 0.5) is 0 Å². The van der Waals surface area contributed by atoms with E-state index in [9.17, 15) is 0 Å². The van der Waals surface area contributed by atoms with Crippen molar-refractivity contribution in [2.75, 3.05) is 6.61 Å². The van der Waals surface area contributed by atoms with Crippen molar-refractivity contribution in [2.45, 2.75) is 24.9 Å². The van der Waals surface area contributed by atoms with Crippen LogP contribution >= 0.6 is 0 Å². The Balaban J connectivity index is 1.42. The molecule has 3 aliphatic rings. The summed E-state index contributed by atoms with van der Waals surface area (Å²) in [6, 6.07) is 20.9. The Morgan fingerprint density at radius 1 is 1.10 bits per heavy atom. The summed E-state index contributed by atoms with van der Waals surface area (Å²) in [5.41, 5.74) is 3.11. The lowest BCUT2D eigenvalue weighted by atomic mass is 9.82. The maximum atomic E-state index is 6.19. The fourth-order valence-corrected chi connectivity index (χ4v) is 4.24. The predicted molar refractivity (Wildman–Crippen MR) is 119 cm³/mol. The van der Waals surface area contributed by atoms with Crippen LogP contribution in [0.3, 0.4) is 0 Å². The van der Waals surface area contributed by atoms with Gasteiger partial charge in [-0.1, -0.05) is 72.8 Å². The Hall–Kier alpha value is -3.53. The third-order valence-corrected chi connectivity index (χ3v) is 5.80. The quantitative estimate of drug-likeness (QED) is 0.745. The minimum atomic E-state index is -0.344. The Morgan fingerprint density at radius 3 is 2.67 bits per heavy atom. The normalized spacial score (nSPS) is 24.5. The fourth-order valence-electron chi connectivity index (χ4n) is 4.24. The number of amidine groups is 1. The first-order valence-corrected chi connectivity index (χ1v) is 10.3. The SMILES string of the molecule is CC1(c2ccccc2)NC(COC2=C3CC=CC=C3OC=C2)=NC1c1ccccc1. The molecule has 2 aromatic rings. The van der Waals surface area contributed by atoms with Crippen LogP contribution in [0.15, 0.2) is 113 Å².